The Bertz CT molecular complexity index is 1640. The Morgan fingerprint density at radius 2 is 1.74 bits per heavy atom. The van der Waals surface area contributed by atoms with Gasteiger partial charge in [0.1, 0.15) is 18.3 Å². The molecule has 54 heavy (non-hydrogen) atoms. The van der Waals surface area contributed by atoms with Gasteiger partial charge in [-0.15, -0.1) is 0 Å². The van der Waals surface area contributed by atoms with Crippen LogP contribution in [0.2, 0.25) is 0 Å². The Labute approximate surface area is 317 Å². The molecule has 0 bridgehead atoms. The van der Waals surface area contributed by atoms with Crippen LogP contribution in [0, 0.1) is 17.8 Å². The number of aromatic nitrogens is 2. The van der Waals surface area contributed by atoms with Crippen molar-refractivity contribution < 1.29 is 52.4 Å². The predicted molar refractivity (Wildman–Crippen MR) is 196 cm³/mol. The summed E-state index contributed by atoms with van der Waals surface area (Å²) < 4.78 is 38.2. The molecule has 4 rings (SSSR count). The van der Waals surface area contributed by atoms with E-state index in [9.17, 15) is 24.0 Å². The molecule has 296 valence electrons. The topological polar surface area (TPSA) is 162 Å². The van der Waals surface area contributed by atoms with Crippen LogP contribution in [0.3, 0.4) is 0 Å². The smallest absolute Gasteiger partial charge is 0.419 e. The highest BCUT2D eigenvalue weighted by Gasteiger charge is 2.50. The molecule has 2 aliphatic heterocycles. The minimum Gasteiger partial charge on any atom is -0.458 e. The summed E-state index contributed by atoms with van der Waals surface area (Å²) >= 11 is 0. The Morgan fingerprint density at radius 3 is 2.33 bits per heavy atom. The maximum absolute atomic E-state index is 14.3. The summed E-state index contributed by atoms with van der Waals surface area (Å²) in [6.07, 6.45) is -0.101. The summed E-state index contributed by atoms with van der Waals surface area (Å²) in [6, 6.07) is 8.25. The van der Waals surface area contributed by atoms with Gasteiger partial charge in [-0.2, -0.15) is 0 Å². The van der Waals surface area contributed by atoms with Gasteiger partial charge in [-0.1, -0.05) is 39.0 Å². The number of likely N-dealkylation sites (N-methyl/N-ethyl adjacent to an activating group) is 1. The molecule has 1 aromatic carbocycles. The first-order valence-electron chi connectivity index (χ1n) is 18.5. The van der Waals surface area contributed by atoms with Crippen LogP contribution >= 0.6 is 0 Å². The molecule has 1 saturated heterocycles. The second-order valence-electron chi connectivity index (χ2n) is 14.8. The number of methoxy groups -OCH3 is 1. The Hall–Kier alpha value is -4.24. The molecule has 1 unspecified atom stereocenters. The molecular weight excluding hydrogens is 698 g/mol. The van der Waals surface area contributed by atoms with E-state index in [-0.39, 0.29) is 36.3 Å². The Kier molecular flexibility index (Phi) is 14.5. The van der Waals surface area contributed by atoms with Gasteiger partial charge in [0.05, 0.1) is 29.4 Å². The molecule has 0 amide bonds. The molecule has 3 heterocycles. The lowest BCUT2D eigenvalue weighted by Crippen LogP contribution is -2.60. The quantitative estimate of drug-likeness (QED) is 0.201. The predicted octanol–water partition coefficient (Wildman–Crippen LogP) is 5.04. The number of rotatable bonds is 8. The zero-order valence-electron chi connectivity index (χ0n) is 32.9. The number of ether oxygens (including phenoxy) is 6. The van der Waals surface area contributed by atoms with Crippen LogP contribution < -0.4 is 0 Å². The van der Waals surface area contributed by atoms with Crippen LogP contribution in [-0.2, 0) is 42.8 Å². The molecule has 0 spiro atoms. The van der Waals surface area contributed by atoms with Crippen molar-refractivity contribution in [1.82, 2.24) is 14.5 Å². The molecular formula is C40H55N3O11. The lowest BCUT2D eigenvalue weighted by molar-refractivity contribution is -0.294. The molecule has 0 radical (unpaired) electrons. The zero-order chi connectivity index (χ0) is 39.9. The molecule has 11 atom stereocenters. The summed E-state index contributed by atoms with van der Waals surface area (Å²) in [6.45, 7) is 11.8. The van der Waals surface area contributed by atoms with Crippen molar-refractivity contribution in [2.45, 2.75) is 116 Å². The minimum atomic E-state index is -1.32. The fourth-order valence-electron chi connectivity index (χ4n) is 7.26. The van der Waals surface area contributed by atoms with Gasteiger partial charge in [-0.25, -0.2) is 19.1 Å². The number of benzene rings is 1. The molecule has 1 fully saturated rings. The van der Waals surface area contributed by atoms with E-state index < -0.39 is 77.9 Å². The molecule has 0 N–H and O–H groups in total. The highest BCUT2D eigenvalue weighted by atomic mass is 16.7. The van der Waals surface area contributed by atoms with Crippen molar-refractivity contribution in [1.29, 1.82) is 0 Å². The third-order valence-corrected chi connectivity index (χ3v) is 10.5. The normalized spacial score (nSPS) is 34.0. The summed E-state index contributed by atoms with van der Waals surface area (Å²) in [5, 5.41) is 0. The van der Waals surface area contributed by atoms with E-state index in [1.165, 1.54) is 38.8 Å². The second-order valence-corrected chi connectivity index (χ2v) is 14.8. The van der Waals surface area contributed by atoms with E-state index in [0.29, 0.717) is 12.0 Å². The van der Waals surface area contributed by atoms with Gasteiger partial charge in [0.2, 0.25) is 0 Å². The van der Waals surface area contributed by atoms with Crippen LogP contribution in [0.4, 0.5) is 4.79 Å². The van der Waals surface area contributed by atoms with Crippen molar-refractivity contribution in [3.63, 3.8) is 0 Å². The lowest BCUT2D eigenvalue weighted by atomic mass is 9.77. The summed E-state index contributed by atoms with van der Waals surface area (Å²) in [4.78, 5) is 74.3. The van der Waals surface area contributed by atoms with Gasteiger partial charge in [-0.05, 0) is 84.8 Å². The Balaban J connectivity index is 1.76. The number of hydrogen-bond donors (Lipinski definition) is 0. The Morgan fingerprint density at radius 1 is 1.06 bits per heavy atom. The lowest BCUT2D eigenvalue weighted by Gasteiger charge is -2.47. The largest absolute Gasteiger partial charge is 0.458 e. The standard InChI is InChI=1S/C40H55N3O11/c1-11-30-31(52-39(48)43-18-17-41-22-43)19-23(2)32(44)24(3)21-40(7,49-10)35(26(5)33(45)27(6)36(46)51-30)54-38-34(29(42(8)9)20-25(4)50-38)53-37(47)28-15-13-12-14-16-28/h12-19,22,24-27,29-31,34-35,38H,11,20-21H2,1-10H3/b23-19+/t24-,25-,26+,27-,29+,30-,31+,34-,35-,38?,40+/m1/s1. The number of allylic oxidation sites excluding steroid dienone is 1. The molecule has 0 aliphatic carbocycles. The average molecular weight is 754 g/mol. The third-order valence-electron chi connectivity index (χ3n) is 10.5. The van der Waals surface area contributed by atoms with E-state index in [0.717, 1.165) is 4.57 Å². The fourth-order valence-corrected chi connectivity index (χ4v) is 7.26. The molecule has 2 aliphatic rings. The van der Waals surface area contributed by atoms with Crippen molar-refractivity contribution in [2.24, 2.45) is 17.8 Å². The number of esters is 2. The number of cyclic esters (lactones) is 1. The highest BCUT2D eigenvalue weighted by molar-refractivity contribution is 6.00. The first-order chi connectivity index (χ1) is 25.5. The number of hydrogen-bond acceptors (Lipinski definition) is 13. The molecule has 1 aromatic heterocycles. The molecule has 2 aromatic rings. The second kappa shape index (κ2) is 18.4. The third kappa shape index (κ3) is 9.89. The monoisotopic (exact) mass is 753 g/mol. The molecule has 0 saturated carbocycles. The van der Waals surface area contributed by atoms with Crippen LogP contribution in [0.5, 0.6) is 0 Å². The number of carbonyl (C=O) groups excluding carboxylic acids is 5. The SMILES string of the molecule is CC[C@H]1OC(=O)[C@H](C)C(=O)[C@H](C)[C@@H](OC2O[C@H](C)C[C@H](N(C)C)[C@H]2OC(=O)c2ccccc2)[C@@](C)(OC)C[C@@H](C)C(=O)/C(C)=C/[C@@H]1OC(=O)n1ccnc1. The maximum Gasteiger partial charge on any atom is 0.419 e. The van der Waals surface area contributed by atoms with Crippen molar-refractivity contribution in [3.8, 4) is 0 Å². The van der Waals surface area contributed by atoms with E-state index in [4.69, 9.17) is 28.4 Å². The van der Waals surface area contributed by atoms with Gasteiger partial charge >= 0.3 is 18.0 Å². The van der Waals surface area contributed by atoms with E-state index in [2.05, 4.69) is 4.98 Å². The first-order valence-corrected chi connectivity index (χ1v) is 18.5. The summed E-state index contributed by atoms with van der Waals surface area (Å²) in [5.41, 5.74) is -0.692. The fraction of sp³-hybridized carbons (Fsp3) is 0.600. The van der Waals surface area contributed by atoms with Crippen LogP contribution in [0.15, 0.2) is 60.7 Å². The average Bonchev–Trinajstić information content (AvgIpc) is 3.70. The van der Waals surface area contributed by atoms with Crippen LogP contribution in [-0.4, -0.2) is 114 Å². The first kappa shape index (κ1) is 42.5. The van der Waals surface area contributed by atoms with Crippen molar-refractivity contribution >= 4 is 29.6 Å². The van der Waals surface area contributed by atoms with E-state index in [1.807, 2.05) is 25.9 Å². The number of ketones is 2. The number of carbonyl (C=O) groups is 5. The van der Waals surface area contributed by atoms with Gasteiger partial charge in [0.15, 0.2) is 30.1 Å². The summed E-state index contributed by atoms with van der Waals surface area (Å²) in [7, 11) is 5.21. The van der Waals surface area contributed by atoms with Crippen molar-refractivity contribution in [3.05, 3.63) is 66.3 Å². The van der Waals surface area contributed by atoms with Gasteiger partial charge < -0.3 is 33.3 Å². The summed E-state index contributed by atoms with van der Waals surface area (Å²) in [5.74, 6) is -5.17. The van der Waals surface area contributed by atoms with Crippen LogP contribution in [0.25, 0.3) is 0 Å². The van der Waals surface area contributed by atoms with E-state index >= 15 is 0 Å². The molecule has 14 nitrogen and oxygen atoms in total. The van der Waals surface area contributed by atoms with Gasteiger partial charge in [0.25, 0.3) is 0 Å². The van der Waals surface area contributed by atoms with Gasteiger partial charge in [-0.3, -0.25) is 14.4 Å². The maximum atomic E-state index is 14.3. The van der Waals surface area contributed by atoms with E-state index in [1.54, 1.807) is 65.0 Å². The molecule has 14 heteroatoms. The zero-order valence-corrected chi connectivity index (χ0v) is 32.9. The number of nitrogens with zero attached hydrogens (tertiary/aromatic N) is 3. The minimum absolute atomic E-state index is 0.0825. The number of Topliss-reactive ketones (excluding diaryl/α,β-unsaturated/α-hetero) is 2. The van der Waals surface area contributed by atoms with Gasteiger partial charge in [0, 0.05) is 31.3 Å². The highest BCUT2D eigenvalue weighted by Crippen LogP contribution is 2.38. The number of imidazole rings is 1. The van der Waals surface area contributed by atoms with Crippen LogP contribution in [0.1, 0.15) is 78.1 Å². The van der Waals surface area contributed by atoms with Crippen molar-refractivity contribution in [2.75, 3.05) is 21.2 Å².